The predicted molar refractivity (Wildman–Crippen MR) is 139 cm³/mol. The Labute approximate surface area is 200 Å². The highest BCUT2D eigenvalue weighted by Gasteiger charge is 2.25. The van der Waals surface area contributed by atoms with Crippen LogP contribution in [-0.4, -0.2) is 72.6 Å². The first-order valence-electron chi connectivity index (χ1n) is 11.7. The number of hydrogen-bond donors (Lipinski definition) is 2. The van der Waals surface area contributed by atoms with Crippen LogP contribution in [0.2, 0.25) is 0 Å². The molecule has 2 fully saturated rings. The third-order valence-electron chi connectivity index (χ3n) is 6.67. The van der Waals surface area contributed by atoms with Gasteiger partial charge in [0, 0.05) is 61.4 Å². The van der Waals surface area contributed by atoms with Gasteiger partial charge in [0.1, 0.15) is 0 Å². The molecule has 2 aliphatic heterocycles. The Bertz CT molecular complexity index is 1200. The van der Waals surface area contributed by atoms with Crippen LogP contribution in [0.4, 0.5) is 5.69 Å². The van der Waals surface area contributed by atoms with Gasteiger partial charge in [0.25, 0.3) is 0 Å². The van der Waals surface area contributed by atoms with E-state index in [-0.39, 0.29) is 6.04 Å². The first-order valence-corrected chi connectivity index (χ1v) is 14.7. The molecule has 0 aliphatic carbocycles. The molecule has 0 amide bonds. The lowest BCUT2D eigenvalue weighted by Crippen LogP contribution is -2.41. The van der Waals surface area contributed by atoms with Crippen molar-refractivity contribution in [3.8, 4) is 11.3 Å². The van der Waals surface area contributed by atoms with Gasteiger partial charge in [0.15, 0.2) is 0 Å². The molecule has 2 saturated heterocycles. The fraction of sp³-hybridized carbons (Fsp3) is 0.440. The Hall–Kier alpha value is -2.00. The summed E-state index contributed by atoms with van der Waals surface area (Å²) < 4.78 is 25.4. The number of nitrogens with zero attached hydrogens (tertiary/aromatic N) is 2. The number of nitrogens with one attached hydrogen (secondary N) is 2. The van der Waals surface area contributed by atoms with Crippen LogP contribution in [0.15, 0.2) is 48.5 Å². The zero-order valence-corrected chi connectivity index (χ0v) is 20.7. The zero-order valence-electron chi connectivity index (χ0n) is 19.1. The smallest absolute Gasteiger partial charge is 0.211 e. The van der Waals surface area contributed by atoms with E-state index in [0.717, 1.165) is 49.4 Å². The van der Waals surface area contributed by atoms with Crippen molar-refractivity contribution >= 4 is 38.4 Å². The Kier molecular flexibility index (Phi) is 6.69. The van der Waals surface area contributed by atoms with Gasteiger partial charge in [-0.3, -0.25) is 4.90 Å². The van der Waals surface area contributed by atoms with Gasteiger partial charge in [-0.1, -0.05) is 30.3 Å². The third kappa shape index (κ3) is 5.40. The number of anilines is 1. The highest BCUT2D eigenvalue weighted by Crippen LogP contribution is 2.32. The van der Waals surface area contributed by atoms with Crippen LogP contribution in [-0.2, 0) is 16.6 Å². The van der Waals surface area contributed by atoms with Gasteiger partial charge in [-0.2, -0.15) is 11.8 Å². The zero-order chi connectivity index (χ0) is 22.8. The van der Waals surface area contributed by atoms with E-state index in [1.54, 1.807) is 4.31 Å². The summed E-state index contributed by atoms with van der Waals surface area (Å²) in [5, 5.41) is 4.98. The number of hydrogen-bond acceptors (Lipinski definition) is 5. The topological polar surface area (TPSA) is 68.4 Å². The summed E-state index contributed by atoms with van der Waals surface area (Å²) in [7, 11) is -3.12. The molecule has 0 radical (unpaired) electrons. The number of H-pyrrole nitrogens is 1. The van der Waals surface area contributed by atoms with E-state index in [4.69, 9.17) is 0 Å². The Balaban J connectivity index is 1.43. The molecular weight excluding hydrogens is 452 g/mol. The maximum Gasteiger partial charge on any atom is 0.211 e. The Morgan fingerprint density at radius 1 is 1.03 bits per heavy atom. The largest absolute Gasteiger partial charge is 0.381 e. The number of aromatic amines is 1. The molecule has 0 bridgehead atoms. The fourth-order valence-corrected chi connectivity index (χ4v) is 6.71. The van der Waals surface area contributed by atoms with E-state index in [1.807, 2.05) is 17.8 Å². The number of sulfonamides is 1. The second-order valence-electron chi connectivity index (χ2n) is 9.13. The maximum absolute atomic E-state index is 11.9. The molecular formula is C25H32N4O2S2. The van der Waals surface area contributed by atoms with E-state index in [9.17, 15) is 8.42 Å². The Morgan fingerprint density at radius 2 is 1.76 bits per heavy atom. The van der Waals surface area contributed by atoms with E-state index >= 15 is 0 Å². The molecule has 1 aromatic heterocycles. The second-order valence-corrected chi connectivity index (χ2v) is 12.3. The lowest BCUT2D eigenvalue weighted by atomic mass is 10.0. The average Bonchev–Trinajstić information content (AvgIpc) is 3.25. The van der Waals surface area contributed by atoms with Crippen molar-refractivity contribution in [1.29, 1.82) is 0 Å². The lowest BCUT2D eigenvalue weighted by Gasteiger charge is -2.31. The molecule has 176 valence electrons. The summed E-state index contributed by atoms with van der Waals surface area (Å²) >= 11 is 2.04. The normalized spacial score (nSPS) is 19.2. The van der Waals surface area contributed by atoms with Gasteiger partial charge in [-0.25, -0.2) is 12.7 Å². The van der Waals surface area contributed by atoms with Crippen LogP contribution in [0.3, 0.4) is 0 Å². The van der Waals surface area contributed by atoms with Crippen LogP contribution in [0, 0.1) is 0 Å². The molecule has 3 heterocycles. The summed E-state index contributed by atoms with van der Waals surface area (Å²) in [4.78, 5) is 6.19. The summed E-state index contributed by atoms with van der Waals surface area (Å²) in [6, 6.07) is 17.5. The molecule has 0 saturated carbocycles. The standard InChI is InChI=1S/C25H32N4O2S2/c1-33(30,31)29-9-7-22(8-10-29)26-24-16-19(18-28-11-13-32-14-12-28)15-21-17-23(27-25(21)24)20-5-3-2-4-6-20/h2-6,15-17,22,26-27H,7-14,18H2,1H3. The molecule has 0 spiro atoms. The van der Waals surface area contributed by atoms with Crippen molar-refractivity contribution in [1.82, 2.24) is 14.2 Å². The molecule has 2 aliphatic rings. The molecule has 2 N–H and O–H groups in total. The van der Waals surface area contributed by atoms with Crippen LogP contribution in [0.1, 0.15) is 18.4 Å². The van der Waals surface area contributed by atoms with Gasteiger partial charge in [0.2, 0.25) is 10.0 Å². The summed E-state index contributed by atoms with van der Waals surface area (Å²) in [5.74, 6) is 2.41. The van der Waals surface area contributed by atoms with Crippen LogP contribution >= 0.6 is 11.8 Å². The van der Waals surface area contributed by atoms with Gasteiger partial charge < -0.3 is 10.3 Å². The summed E-state index contributed by atoms with van der Waals surface area (Å²) in [6.45, 7) is 4.38. The molecule has 33 heavy (non-hydrogen) atoms. The molecule has 5 rings (SSSR count). The number of benzene rings is 2. The van der Waals surface area contributed by atoms with Crippen molar-refractivity contribution in [2.45, 2.75) is 25.4 Å². The fourth-order valence-electron chi connectivity index (χ4n) is 4.85. The average molecular weight is 485 g/mol. The van der Waals surface area contributed by atoms with Crippen molar-refractivity contribution in [3.63, 3.8) is 0 Å². The van der Waals surface area contributed by atoms with E-state index in [0.29, 0.717) is 13.1 Å². The van der Waals surface area contributed by atoms with Crippen LogP contribution in [0.5, 0.6) is 0 Å². The SMILES string of the molecule is CS(=O)(=O)N1CCC(Nc2cc(CN3CCSCC3)cc3cc(-c4ccccc4)[nH]c23)CC1. The maximum atomic E-state index is 11.9. The van der Waals surface area contributed by atoms with Crippen molar-refractivity contribution in [3.05, 3.63) is 54.1 Å². The van der Waals surface area contributed by atoms with E-state index < -0.39 is 10.0 Å². The Morgan fingerprint density at radius 3 is 2.45 bits per heavy atom. The lowest BCUT2D eigenvalue weighted by molar-refractivity contribution is 0.295. The summed E-state index contributed by atoms with van der Waals surface area (Å²) in [6.07, 6.45) is 2.93. The van der Waals surface area contributed by atoms with E-state index in [2.05, 4.69) is 57.7 Å². The number of piperidine rings is 1. The number of rotatable bonds is 6. The summed E-state index contributed by atoms with van der Waals surface area (Å²) in [5.41, 5.74) is 5.86. The highest BCUT2D eigenvalue weighted by molar-refractivity contribution is 7.99. The number of fused-ring (bicyclic) bond motifs is 1. The first-order chi connectivity index (χ1) is 16.0. The minimum Gasteiger partial charge on any atom is -0.381 e. The quantitative estimate of drug-likeness (QED) is 0.548. The molecule has 6 nitrogen and oxygen atoms in total. The van der Waals surface area contributed by atoms with Gasteiger partial charge in [0.05, 0.1) is 17.5 Å². The van der Waals surface area contributed by atoms with Crippen LogP contribution in [0.25, 0.3) is 22.2 Å². The minimum absolute atomic E-state index is 0.260. The third-order valence-corrected chi connectivity index (χ3v) is 8.91. The van der Waals surface area contributed by atoms with Gasteiger partial charge in [-0.15, -0.1) is 0 Å². The molecule has 8 heteroatoms. The number of thioether (sulfide) groups is 1. The molecule has 2 aromatic carbocycles. The van der Waals surface area contributed by atoms with Crippen molar-refractivity contribution in [2.24, 2.45) is 0 Å². The highest BCUT2D eigenvalue weighted by atomic mass is 32.2. The molecule has 0 unspecified atom stereocenters. The van der Waals surface area contributed by atoms with E-state index in [1.165, 1.54) is 34.3 Å². The minimum atomic E-state index is -3.12. The van der Waals surface area contributed by atoms with Crippen molar-refractivity contribution < 1.29 is 8.42 Å². The first kappa shape index (κ1) is 22.8. The predicted octanol–water partition coefficient (Wildman–Crippen LogP) is 4.22. The number of aromatic nitrogens is 1. The molecule has 3 aromatic rings. The second kappa shape index (κ2) is 9.70. The van der Waals surface area contributed by atoms with Gasteiger partial charge >= 0.3 is 0 Å². The van der Waals surface area contributed by atoms with Crippen LogP contribution < -0.4 is 5.32 Å². The van der Waals surface area contributed by atoms with Crippen molar-refractivity contribution in [2.75, 3.05) is 49.3 Å². The van der Waals surface area contributed by atoms with Gasteiger partial charge in [-0.05, 0) is 42.2 Å². The molecule has 0 atom stereocenters. The monoisotopic (exact) mass is 484 g/mol.